The van der Waals surface area contributed by atoms with Crippen LogP contribution in [-0.4, -0.2) is 20.7 Å². The molecule has 0 aliphatic rings. The van der Waals surface area contributed by atoms with Gasteiger partial charge in [0.15, 0.2) is 11.9 Å². The number of halogens is 1. The maximum Gasteiger partial charge on any atom is 0.172 e. The van der Waals surface area contributed by atoms with E-state index < -0.39 is 0 Å². The number of fused-ring (bicyclic) bond motifs is 1. The van der Waals surface area contributed by atoms with Crippen LogP contribution in [0.5, 0.6) is 0 Å². The Labute approximate surface area is 72.8 Å². The molecule has 0 fully saturated rings. The summed E-state index contributed by atoms with van der Waals surface area (Å²) in [6, 6.07) is 0. The third kappa shape index (κ3) is 0.967. The van der Waals surface area contributed by atoms with Crippen LogP contribution in [0, 0.1) is 0 Å². The average Bonchev–Trinajstić information content (AvgIpc) is 2.50. The fraction of sp³-hybridized carbons (Fsp3) is 0. The van der Waals surface area contributed by atoms with E-state index in [1.165, 1.54) is 0 Å². The van der Waals surface area contributed by atoms with Gasteiger partial charge in [0, 0.05) is 18.6 Å². The molecule has 0 aliphatic carbocycles. The molecule has 0 amide bonds. The Balaban J connectivity index is 2.88. The van der Waals surface area contributed by atoms with Gasteiger partial charge in [0.2, 0.25) is 0 Å². The fourth-order valence-electron chi connectivity index (χ4n) is 1.00. The quantitative estimate of drug-likeness (QED) is 0.621. The Kier molecular flexibility index (Phi) is 1.55. The molecule has 2 aromatic heterocycles. The van der Waals surface area contributed by atoms with E-state index in [1.807, 2.05) is 0 Å². The Hall–Kier alpha value is -1.42. The van der Waals surface area contributed by atoms with Gasteiger partial charge in [-0.2, -0.15) is 0 Å². The number of carbonyl (C=O) groups is 1. The highest BCUT2D eigenvalue weighted by Crippen LogP contribution is 2.09. The van der Waals surface area contributed by atoms with Crippen LogP contribution in [0.3, 0.4) is 0 Å². The maximum absolute atomic E-state index is 10.5. The minimum absolute atomic E-state index is 0.257. The molecule has 0 N–H and O–H groups in total. The van der Waals surface area contributed by atoms with Crippen molar-refractivity contribution < 1.29 is 4.79 Å². The predicted molar refractivity (Wildman–Crippen MR) is 43.4 cm³/mol. The molecule has 0 radical (unpaired) electrons. The second-order valence-corrected chi connectivity index (χ2v) is 2.61. The number of carbonyl (C=O) groups excluding carboxylic acids is 1. The predicted octanol–water partition coefficient (Wildman–Crippen LogP) is 1.20. The molecule has 2 heterocycles. The lowest BCUT2D eigenvalue weighted by Crippen LogP contribution is -1.94. The first-order chi connectivity index (χ1) is 5.81. The topological polar surface area (TPSA) is 47.3 Å². The van der Waals surface area contributed by atoms with Gasteiger partial charge in [-0.05, 0) is 0 Å². The van der Waals surface area contributed by atoms with Gasteiger partial charge in [0.1, 0.15) is 10.8 Å². The summed E-state index contributed by atoms with van der Waals surface area (Å²) in [5, 5.41) is 0.280. The van der Waals surface area contributed by atoms with Crippen molar-refractivity contribution in [2.45, 2.75) is 0 Å². The SMILES string of the molecule is O=Cc1nc(Cl)cn2ccnc12. The van der Waals surface area contributed by atoms with Crippen molar-refractivity contribution >= 4 is 23.5 Å². The maximum atomic E-state index is 10.5. The van der Waals surface area contributed by atoms with Crippen molar-refractivity contribution in [3.05, 3.63) is 29.4 Å². The lowest BCUT2D eigenvalue weighted by atomic mass is 10.5. The molecule has 4 nitrogen and oxygen atoms in total. The van der Waals surface area contributed by atoms with Crippen molar-refractivity contribution in [2.24, 2.45) is 0 Å². The molecule has 0 aliphatic heterocycles. The number of rotatable bonds is 1. The molecule has 60 valence electrons. The van der Waals surface area contributed by atoms with E-state index in [1.54, 1.807) is 23.0 Å². The number of hydrogen-bond donors (Lipinski definition) is 0. The molecule has 2 rings (SSSR count). The normalized spacial score (nSPS) is 10.4. The largest absolute Gasteiger partial charge is 0.302 e. The summed E-state index contributed by atoms with van der Waals surface area (Å²) in [5.41, 5.74) is 0.780. The van der Waals surface area contributed by atoms with E-state index in [0.717, 1.165) is 0 Å². The first-order valence-electron chi connectivity index (χ1n) is 3.25. The van der Waals surface area contributed by atoms with E-state index in [-0.39, 0.29) is 10.8 Å². The van der Waals surface area contributed by atoms with E-state index >= 15 is 0 Å². The minimum atomic E-state index is 0.257. The van der Waals surface area contributed by atoms with Gasteiger partial charge >= 0.3 is 0 Å². The number of imidazole rings is 1. The summed E-state index contributed by atoms with van der Waals surface area (Å²) < 4.78 is 1.65. The van der Waals surface area contributed by atoms with E-state index in [9.17, 15) is 4.79 Å². The molecule has 2 aromatic rings. The minimum Gasteiger partial charge on any atom is -0.302 e. The molecular formula is C7H4ClN3O. The zero-order valence-corrected chi connectivity index (χ0v) is 6.69. The van der Waals surface area contributed by atoms with Crippen LogP contribution < -0.4 is 0 Å². The van der Waals surface area contributed by atoms with Crippen LogP contribution in [0.4, 0.5) is 0 Å². The van der Waals surface area contributed by atoms with Crippen LogP contribution >= 0.6 is 11.6 Å². The van der Waals surface area contributed by atoms with Gasteiger partial charge in [0.25, 0.3) is 0 Å². The second kappa shape index (κ2) is 2.57. The molecule has 0 spiro atoms. The molecule has 0 saturated carbocycles. The fourth-order valence-corrected chi connectivity index (χ4v) is 1.20. The highest BCUT2D eigenvalue weighted by Gasteiger charge is 2.03. The zero-order valence-electron chi connectivity index (χ0n) is 5.94. The molecule has 0 saturated heterocycles. The Bertz CT molecular complexity index is 437. The van der Waals surface area contributed by atoms with Crippen LogP contribution in [0.25, 0.3) is 5.65 Å². The summed E-state index contributed by atoms with van der Waals surface area (Å²) in [4.78, 5) is 18.2. The molecule has 12 heavy (non-hydrogen) atoms. The number of nitrogens with zero attached hydrogens (tertiary/aromatic N) is 3. The summed E-state index contributed by atoms with van der Waals surface area (Å²) >= 11 is 5.64. The van der Waals surface area contributed by atoms with Crippen LogP contribution in [0.15, 0.2) is 18.6 Å². The first kappa shape index (κ1) is 7.24. The third-order valence-electron chi connectivity index (χ3n) is 1.48. The Morgan fingerprint density at radius 3 is 3.17 bits per heavy atom. The van der Waals surface area contributed by atoms with Gasteiger partial charge in [-0.1, -0.05) is 11.6 Å². The number of hydrogen-bond acceptors (Lipinski definition) is 3. The smallest absolute Gasteiger partial charge is 0.172 e. The highest BCUT2D eigenvalue weighted by atomic mass is 35.5. The van der Waals surface area contributed by atoms with Gasteiger partial charge in [-0.15, -0.1) is 0 Å². The molecule has 5 heteroatoms. The van der Waals surface area contributed by atoms with Crippen molar-refractivity contribution in [2.75, 3.05) is 0 Å². The van der Waals surface area contributed by atoms with Crippen LogP contribution in [0.2, 0.25) is 5.15 Å². The van der Waals surface area contributed by atoms with E-state index in [2.05, 4.69) is 9.97 Å². The molecule has 0 atom stereocenters. The summed E-state index contributed by atoms with van der Waals surface area (Å²) in [5.74, 6) is 0. The highest BCUT2D eigenvalue weighted by molar-refractivity contribution is 6.29. The third-order valence-corrected chi connectivity index (χ3v) is 1.66. The lowest BCUT2D eigenvalue weighted by Gasteiger charge is -1.95. The van der Waals surface area contributed by atoms with Crippen molar-refractivity contribution in [3.8, 4) is 0 Å². The van der Waals surface area contributed by atoms with Gasteiger partial charge < -0.3 is 4.40 Å². The van der Waals surface area contributed by atoms with Gasteiger partial charge in [-0.3, -0.25) is 4.79 Å². The summed E-state index contributed by atoms with van der Waals surface area (Å²) in [6.45, 7) is 0. The summed E-state index contributed by atoms with van der Waals surface area (Å²) in [7, 11) is 0. The van der Waals surface area contributed by atoms with Crippen LogP contribution in [-0.2, 0) is 0 Å². The van der Waals surface area contributed by atoms with Crippen LogP contribution in [0.1, 0.15) is 10.5 Å². The molecule has 0 bridgehead atoms. The van der Waals surface area contributed by atoms with Crippen molar-refractivity contribution in [1.29, 1.82) is 0 Å². The van der Waals surface area contributed by atoms with E-state index in [0.29, 0.717) is 11.9 Å². The second-order valence-electron chi connectivity index (χ2n) is 2.22. The van der Waals surface area contributed by atoms with Crippen molar-refractivity contribution in [3.63, 3.8) is 0 Å². The number of aromatic nitrogens is 3. The summed E-state index contributed by atoms with van der Waals surface area (Å²) in [6.07, 6.45) is 5.52. The van der Waals surface area contributed by atoms with E-state index in [4.69, 9.17) is 11.6 Å². The van der Waals surface area contributed by atoms with Gasteiger partial charge in [0.05, 0.1) is 0 Å². The zero-order chi connectivity index (χ0) is 8.55. The Morgan fingerprint density at radius 1 is 1.58 bits per heavy atom. The monoisotopic (exact) mass is 181 g/mol. The van der Waals surface area contributed by atoms with Gasteiger partial charge in [-0.25, -0.2) is 9.97 Å². The van der Waals surface area contributed by atoms with Crippen molar-refractivity contribution in [1.82, 2.24) is 14.4 Å². The first-order valence-corrected chi connectivity index (χ1v) is 3.63. The molecular weight excluding hydrogens is 178 g/mol. The Morgan fingerprint density at radius 2 is 2.42 bits per heavy atom. The molecule has 0 aromatic carbocycles. The lowest BCUT2D eigenvalue weighted by molar-refractivity contribution is 0.112. The standard InChI is InChI=1S/C7H4ClN3O/c8-6-3-11-2-1-9-7(11)5(4-12)10-6/h1-4H. The molecule has 0 unspecified atom stereocenters. The average molecular weight is 182 g/mol. The number of aldehydes is 1.